The van der Waals surface area contributed by atoms with Crippen LogP contribution in [0.4, 0.5) is 17.6 Å². The van der Waals surface area contributed by atoms with Crippen molar-refractivity contribution in [1.29, 1.82) is 0 Å². The van der Waals surface area contributed by atoms with Gasteiger partial charge in [0.15, 0.2) is 22.8 Å². The van der Waals surface area contributed by atoms with Crippen molar-refractivity contribution in [2.75, 3.05) is 0 Å². The van der Waals surface area contributed by atoms with Gasteiger partial charge in [0.2, 0.25) is 0 Å². The van der Waals surface area contributed by atoms with Gasteiger partial charge in [-0.05, 0) is 95.1 Å². The van der Waals surface area contributed by atoms with Crippen molar-refractivity contribution in [3.63, 3.8) is 0 Å². The molecule has 0 saturated carbocycles. The molecule has 8 aromatic rings. The van der Waals surface area contributed by atoms with Crippen LogP contribution in [0.25, 0.3) is 44.5 Å². The van der Waals surface area contributed by atoms with E-state index in [-0.39, 0.29) is 60.0 Å². The third-order valence-corrected chi connectivity index (χ3v) is 10.5. The van der Waals surface area contributed by atoms with Gasteiger partial charge in [-0.15, -0.1) is 0 Å². The van der Waals surface area contributed by atoms with Crippen molar-refractivity contribution in [3.05, 3.63) is 192 Å². The van der Waals surface area contributed by atoms with Crippen molar-refractivity contribution in [1.82, 2.24) is 41.2 Å². The molecule has 20 nitrogen and oxygen atoms in total. The number of aromatic hydroxyl groups is 4. The van der Waals surface area contributed by atoms with E-state index in [9.17, 15) is 77.0 Å². The molecule has 384 valence electrons. The molecule has 0 aliphatic heterocycles. The van der Waals surface area contributed by atoms with Crippen LogP contribution in [-0.2, 0) is 9.59 Å². The van der Waals surface area contributed by atoms with Crippen LogP contribution >= 0.6 is 0 Å². The van der Waals surface area contributed by atoms with Crippen LogP contribution in [0, 0.1) is 23.3 Å². The Hall–Kier alpha value is -9.52. The number of carbonyl (C=O) groups is 6. The number of nitrogens with one attached hydrogen (secondary N) is 4. The normalized spacial score (nSPS) is 10.6. The van der Waals surface area contributed by atoms with Crippen LogP contribution in [0.5, 0.6) is 23.0 Å². The largest absolute Gasteiger partial charge is 2.00 e. The van der Waals surface area contributed by atoms with E-state index in [1.807, 2.05) is 21.3 Å². The minimum Gasteiger partial charge on any atom is -0.546 e. The molecule has 0 bridgehead atoms. The van der Waals surface area contributed by atoms with Gasteiger partial charge in [-0.25, -0.2) is 37.5 Å². The molecule has 77 heavy (non-hydrogen) atoms. The van der Waals surface area contributed by atoms with Gasteiger partial charge < -0.3 is 61.5 Å². The van der Waals surface area contributed by atoms with E-state index in [1.54, 1.807) is 24.3 Å². The Morgan fingerprint density at radius 3 is 0.740 bits per heavy atom. The molecule has 0 aliphatic carbocycles. The zero-order valence-electron chi connectivity index (χ0n) is 39.1. The maximum atomic E-state index is 13.5. The average molecular weight is 1080 g/mol. The number of hydrogen-bond acceptors (Lipinski definition) is 16. The molecule has 4 aromatic heterocycles. The first-order valence-corrected chi connectivity index (χ1v) is 21.7. The Balaban J connectivity index is 0.000000246. The number of carboxylic acids is 2. The van der Waals surface area contributed by atoms with Crippen molar-refractivity contribution >= 4 is 73.3 Å². The number of amides is 4. The molecule has 0 aliphatic rings. The first kappa shape index (κ1) is 56.8. The molecular formula is C52H34CaF4N8O12. The third kappa shape index (κ3) is 14.4. The van der Waals surface area contributed by atoms with Crippen LogP contribution in [0.1, 0.15) is 42.0 Å². The second kappa shape index (κ2) is 25.1. The summed E-state index contributed by atoms with van der Waals surface area (Å²) in [5.41, 5.74) is 0.307. The first-order chi connectivity index (χ1) is 36.2. The van der Waals surface area contributed by atoms with E-state index in [2.05, 4.69) is 19.9 Å². The second-order valence-electron chi connectivity index (χ2n) is 15.8. The summed E-state index contributed by atoms with van der Waals surface area (Å²) in [6.07, 6.45) is 0.443. The average Bonchev–Trinajstić information content (AvgIpc) is 3.38. The maximum Gasteiger partial charge on any atom is 2.00 e. The first-order valence-electron chi connectivity index (χ1n) is 21.7. The number of aromatic nitrogens is 4. The van der Waals surface area contributed by atoms with Gasteiger partial charge in [0.1, 0.15) is 58.6 Å². The number of halogens is 4. The molecule has 8 rings (SSSR count). The fourth-order valence-corrected chi connectivity index (χ4v) is 6.92. The Morgan fingerprint density at radius 2 is 0.571 bits per heavy atom. The monoisotopic (exact) mass is 1080 g/mol. The summed E-state index contributed by atoms with van der Waals surface area (Å²) in [4.78, 5) is 88.6. The predicted octanol–water partition coefficient (Wildman–Crippen LogP) is 3.09. The number of pyridine rings is 4. The number of benzene rings is 4. The molecule has 4 aromatic carbocycles. The Kier molecular flexibility index (Phi) is 18.5. The topological polar surface area (TPSA) is 329 Å². The van der Waals surface area contributed by atoms with Crippen molar-refractivity contribution in [3.8, 4) is 67.5 Å². The Morgan fingerprint density at radius 1 is 0.364 bits per heavy atom. The standard InChI is InChI=1S/2C26H18F2N4O6.Ca/c2*27-17-5-1-3-13(7-17)15-9-19(33)21(29-11-15)24(35)31-23(26(37)38)32-25(36)22-20(34)10-16(12-30-22)14-4-2-6-18(28)8-14;/h2*1-12,23,33-34H,(H,31,35)(H,32,36)(H,37,38);/q;;+2/p-2. The molecule has 0 saturated heterocycles. The van der Waals surface area contributed by atoms with E-state index >= 15 is 0 Å². The summed E-state index contributed by atoms with van der Waals surface area (Å²) in [6.45, 7) is 0. The summed E-state index contributed by atoms with van der Waals surface area (Å²) in [7, 11) is 0. The molecule has 8 N–H and O–H groups in total. The smallest absolute Gasteiger partial charge is 0.546 e. The number of carboxylic acid groups (broad SMARTS) is 2. The number of aliphatic carboxylic acids is 2. The zero-order valence-corrected chi connectivity index (χ0v) is 41.3. The van der Waals surface area contributed by atoms with Gasteiger partial charge in [0, 0.05) is 47.0 Å². The molecule has 0 radical (unpaired) electrons. The summed E-state index contributed by atoms with van der Waals surface area (Å²) in [5, 5.41) is 71.9. The molecule has 4 heterocycles. The number of nitrogens with zero attached hydrogens (tertiary/aromatic N) is 4. The minimum absolute atomic E-state index is 0. The SMILES string of the molecule is O=C(NC(NC(=O)c1ncc(-c2cccc(F)c2)cc1O)C(=O)[O-])c1ncc(-c2cccc(F)c2)cc1O.O=C(NC(NC(=O)c1ncc(-c2cccc(F)c2)cc1O)C(=O)[O-])c1ncc(-c2cccc(F)c2)cc1O.[Ca+2]. The second-order valence-corrected chi connectivity index (χ2v) is 15.8. The zero-order chi connectivity index (χ0) is 54.8. The van der Waals surface area contributed by atoms with E-state index < -0.39 is 117 Å². The third-order valence-electron chi connectivity index (χ3n) is 10.5. The number of hydrogen-bond donors (Lipinski definition) is 8. The number of rotatable bonds is 14. The Labute approximate surface area is 460 Å². The molecule has 0 unspecified atom stereocenters. The summed E-state index contributed by atoms with van der Waals surface area (Å²) in [5.74, 6) is -13.2. The van der Waals surface area contributed by atoms with Crippen LogP contribution in [-0.4, -0.2) is 126 Å². The quantitative estimate of drug-likeness (QED) is 0.0441. The van der Waals surface area contributed by atoms with Gasteiger partial charge in [-0.3, -0.25) is 19.2 Å². The summed E-state index contributed by atoms with van der Waals surface area (Å²) in [6, 6.07) is 26.1. The minimum atomic E-state index is -2.11. The molecule has 0 fully saturated rings. The summed E-state index contributed by atoms with van der Waals surface area (Å²) < 4.78 is 53.9. The fraction of sp³-hybridized carbons (Fsp3) is 0.0385. The molecule has 25 heteroatoms. The number of carbonyl (C=O) groups excluding carboxylic acids is 6. The Bertz CT molecular complexity index is 3150. The molecule has 0 spiro atoms. The predicted molar refractivity (Wildman–Crippen MR) is 258 cm³/mol. The van der Waals surface area contributed by atoms with Crippen molar-refractivity contribution in [2.45, 2.75) is 12.3 Å². The van der Waals surface area contributed by atoms with E-state index in [1.165, 1.54) is 72.8 Å². The molecular weight excluding hydrogens is 1040 g/mol. The van der Waals surface area contributed by atoms with Gasteiger partial charge in [0.05, 0.1) is 11.9 Å². The van der Waals surface area contributed by atoms with Crippen LogP contribution < -0.4 is 31.5 Å². The van der Waals surface area contributed by atoms with E-state index in [0.29, 0.717) is 22.3 Å². The molecule has 4 amide bonds. The van der Waals surface area contributed by atoms with Crippen molar-refractivity contribution in [2.24, 2.45) is 0 Å². The summed E-state index contributed by atoms with van der Waals surface area (Å²) >= 11 is 0. The van der Waals surface area contributed by atoms with Gasteiger partial charge in [-0.2, -0.15) is 0 Å². The van der Waals surface area contributed by atoms with E-state index in [0.717, 1.165) is 49.1 Å². The van der Waals surface area contributed by atoms with Crippen molar-refractivity contribution < 1.29 is 77.0 Å². The van der Waals surface area contributed by atoms with Crippen LogP contribution in [0.2, 0.25) is 0 Å². The van der Waals surface area contributed by atoms with Gasteiger partial charge in [-0.1, -0.05) is 48.5 Å². The fourth-order valence-electron chi connectivity index (χ4n) is 6.92. The van der Waals surface area contributed by atoms with Gasteiger partial charge >= 0.3 is 37.7 Å². The molecule has 0 atom stereocenters. The van der Waals surface area contributed by atoms with Crippen LogP contribution in [0.3, 0.4) is 0 Å². The van der Waals surface area contributed by atoms with Crippen LogP contribution in [0.15, 0.2) is 146 Å². The van der Waals surface area contributed by atoms with Gasteiger partial charge in [0.25, 0.3) is 23.6 Å². The van der Waals surface area contributed by atoms with E-state index in [4.69, 9.17) is 0 Å². The maximum absolute atomic E-state index is 13.5.